The number of carbonyl (C=O) groups is 2. The molecule has 2 aliphatic rings. The van der Waals surface area contributed by atoms with Crippen molar-refractivity contribution in [2.75, 3.05) is 18.2 Å². The minimum Gasteiger partial charge on any atom is -0.454 e. The molecule has 6 heteroatoms. The molecular weight excluding hydrogens is 358 g/mol. The Morgan fingerprint density at radius 3 is 2.82 bits per heavy atom. The van der Waals surface area contributed by atoms with Crippen LogP contribution in [0.3, 0.4) is 0 Å². The molecular formula is C22H19NO5. The molecule has 0 unspecified atom stereocenters. The number of ketones is 1. The Morgan fingerprint density at radius 2 is 2.00 bits per heavy atom. The second kappa shape index (κ2) is 6.98. The lowest BCUT2D eigenvalue weighted by Crippen LogP contribution is -2.41. The first-order valence-electron chi connectivity index (χ1n) is 8.88. The van der Waals surface area contributed by atoms with Crippen molar-refractivity contribution in [2.45, 2.75) is 12.0 Å². The second-order valence-electron chi connectivity index (χ2n) is 6.67. The summed E-state index contributed by atoms with van der Waals surface area (Å²) in [6, 6.07) is 12.3. The van der Waals surface area contributed by atoms with Gasteiger partial charge in [-0.2, -0.15) is 0 Å². The highest BCUT2D eigenvalue weighted by molar-refractivity contribution is 6.10. The predicted molar refractivity (Wildman–Crippen MR) is 104 cm³/mol. The molecule has 0 fully saturated rings. The second-order valence-corrected chi connectivity index (χ2v) is 6.67. The number of hydrogen-bond donors (Lipinski definition) is 1. The van der Waals surface area contributed by atoms with Crippen molar-refractivity contribution in [3.05, 3.63) is 72.3 Å². The van der Waals surface area contributed by atoms with Crippen LogP contribution in [0.2, 0.25) is 0 Å². The average Bonchev–Trinajstić information content (AvgIpc) is 3.24. The van der Waals surface area contributed by atoms with Gasteiger partial charge >= 0.3 is 0 Å². The van der Waals surface area contributed by atoms with E-state index in [1.165, 1.54) is 11.0 Å². The average molecular weight is 377 g/mol. The molecule has 2 heterocycles. The third-order valence-corrected chi connectivity index (χ3v) is 4.84. The molecule has 0 aromatic heterocycles. The van der Waals surface area contributed by atoms with E-state index in [1.54, 1.807) is 54.6 Å². The fraction of sp³-hybridized carbons (Fsp3) is 0.182. The normalized spacial score (nSPS) is 19.9. The molecule has 0 spiro atoms. The fourth-order valence-electron chi connectivity index (χ4n) is 3.50. The topological polar surface area (TPSA) is 76.1 Å². The molecule has 28 heavy (non-hydrogen) atoms. The first-order valence-corrected chi connectivity index (χ1v) is 8.88. The number of amides is 1. The van der Waals surface area contributed by atoms with Crippen LogP contribution in [0, 0.1) is 0 Å². The summed E-state index contributed by atoms with van der Waals surface area (Å²) in [5, 5.41) is 11.1. The summed E-state index contributed by atoms with van der Waals surface area (Å²) in [4.78, 5) is 26.8. The summed E-state index contributed by atoms with van der Waals surface area (Å²) in [6.07, 6.45) is 4.24. The Balaban J connectivity index is 1.55. The molecule has 2 aromatic rings. The molecule has 1 atom stereocenters. The Bertz CT molecular complexity index is 996. The molecule has 1 amide bonds. The van der Waals surface area contributed by atoms with Gasteiger partial charge in [-0.05, 0) is 29.8 Å². The van der Waals surface area contributed by atoms with Gasteiger partial charge < -0.3 is 19.5 Å². The van der Waals surface area contributed by atoms with E-state index in [2.05, 4.69) is 6.58 Å². The summed E-state index contributed by atoms with van der Waals surface area (Å²) < 4.78 is 10.6. The number of ether oxygens (including phenoxy) is 2. The third kappa shape index (κ3) is 2.97. The van der Waals surface area contributed by atoms with Crippen molar-refractivity contribution in [1.29, 1.82) is 0 Å². The van der Waals surface area contributed by atoms with Crippen LogP contribution in [0.4, 0.5) is 5.69 Å². The van der Waals surface area contributed by atoms with Crippen LogP contribution < -0.4 is 14.4 Å². The van der Waals surface area contributed by atoms with Crippen LogP contribution in [-0.2, 0) is 15.2 Å². The molecule has 2 aromatic carbocycles. The number of allylic oxidation sites excluding steroid dienone is 1. The molecule has 142 valence electrons. The van der Waals surface area contributed by atoms with Gasteiger partial charge in [0.1, 0.15) is 0 Å². The van der Waals surface area contributed by atoms with Gasteiger partial charge in [0, 0.05) is 12.1 Å². The smallest absolute Gasteiger partial charge is 0.264 e. The molecule has 0 bridgehead atoms. The minimum absolute atomic E-state index is 0.178. The largest absolute Gasteiger partial charge is 0.454 e. The zero-order valence-electron chi connectivity index (χ0n) is 15.1. The number of benzene rings is 2. The Hall–Kier alpha value is -3.38. The van der Waals surface area contributed by atoms with Crippen LogP contribution in [0.5, 0.6) is 11.5 Å². The lowest BCUT2D eigenvalue weighted by molar-refractivity contribution is -0.140. The zero-order valence-corrected chi connectivity index (χ0v) is 15.1. The van der Waals surface area contributed by atoms with Crippen molar-refractivity contribution in [2.24, 2.45) is 0 Å². The Labute approximate surface area is 162 Å². The lowest BCUT2D eigenvalue weighted by atomic mass is 9.89. The Kier molecular flexibility index (Phi) is 4.49. The maximum absolute atomic E-state index is 12.8. The summed E-state index contributed by atoms with van der Waals surface area (Å²) in [5.41, 5.74) is -0.0826. The van der Waals surface area contributed by atoms with E-state index in [-0.39, 0.29) is 25.5 Å². The molecule has 6 nitrogen and oxygen atoms in total. The van der Waals surface area contributed by atoms with Crippen molar-refractivity contribution in [3.8, 4) is 11.5 Å². The van der Waals surface area contributed by atoms with Crippen LogP contribution in [0.1, 0.15) is 17.5 Å². The molecule has 0 aliphatic carbocycles. The van der Waals surface area contributed by atoms with E-state index in [4.69, 9.17) is 9.47 Å². The molecule has 2 aliphatic heterocycles. The highest BCUT2D eigenvalue weighted by Gasteiger charge is 2.50. The van der Waals surface area contributed by atoms with Crippen molar-refractivity contribution in [1.82, 2.24) is 0 Å². The summed E-state index contributed by atoms with van der Waals surface area (Å²) >= 11 is 0. The van der Waals surface area contributed by atoms with Gasteiger partial charge in [-0.1, -0.05) is 36.4 Å². The first-order chi connectivity index (χ1) is 13.5. The number of carbonyl (C=O) groups excluding carboxylic acids is 2. The highest BCUT2D eigenvalue weighted by Crippen LogP contribution is 2.42. The summed E-state index contributed by atoms with van der Waals surface area (Å²) in [5.74, 6) is 0.406. The molecule has 0 radical (unpaired) electrons. The van der Waals surface area contributed by atoms with Gasteiger partial charge in [-0.15, -0.1) is 6.58 Å². The molecule has 4 rings (SSSR count). The van der Waals surface area contributed by atoms with Crippen molar-refractivity contribution < 1.29 is 24.2 Å². The number of nitrogens with zero attached hydrogens (tertiary/aromatic N) is 1. The summed E-state index contributed by atoms with van der Waals surface area (Å²) in [7, 11) is 0. The fourth-order valence-corrected chi connectivity index (χ4v) is 3.50. The van der Waals surface area contributed by atoms with E-state index < -0.39 is 11.5 Å². The van der Waals surface area contributed by atoms with Gasteiger partial charge in [0.05, 0.1) is 12.1 Å². The number of fused-ring (bicyclic) bond motifs is 2. The monoisotopic (exact) mass is 377 g/mol. The zero-order chi connectivity index (χ0) is 19.7. The number of rotatable bonds is 6. The first kappa shape index (κ1) is 18.0. The summed E-state index contributed by atoms with van der Waals surface area (Å²) in [6.45, 7) is 4.10. The Morgan fingerprint density at radius 1 is 1.21 bits per heavy atom. The SMILES string of the molecule is C=CCN1C(=O)[C@](O)(CC(=O)/C=C/c2ccc3c(c2)OCO3)c2ccccc21. The minimum atomic E-state index is -1.88. The van der Waals surface area contributed by atoms with Gasteiger partial charge in [0.15, 0.2) is 22.9 Å². The number of para-hydroxylation sites is 1. The van der Waals surface area contributed by atoms with Gasteiger partial charge in [-0.25, -0.2) is 0 Å². The van der Waals surface area contributed by atoms with E-state index in [0.717, 1.165) is 5.56 Å². The van der Waals surface area contributed by atoms with Crippen molar-refractivity contribution >= 4 is 23.5 Å². The molecule has 1 N–H and O–H groups in total. The van der Waals surface area contributed by atoms with Crippen LogP contribution >= 0.6 is 0 Å². The quantitative estimate of drug-likeness (QED) is 0.619. The van der Waals surface area contributed by atoms with Crippen molar-refractivity contribution in [3.63, 3.8) is 0 Å². The standard InChI is InChI=1S/C22H19NO5/c1-2-11-23-18-6-4-3-5-17(18)22(26,21(23)25)13-16(24)9-7-15-8-10-19-20(12-15)28-14-27-19/h2-10,12,26H,1,11,13-14H2/b9-7+/t22-/m0/s1. The third-order valence-electron chi connectivity index (χ3n) is 4.84. The van der Waals surface area contributed by atoms with Crippen LogP contribution in [0.25, 0.3) is 6.08 Å². The predicted octanol–water partition coefficient (Wildman–Crippen LogP) is 2.81. The number of anilines is 1. The van der Waals surface area contributed by atoms with E-state index in [9.17, 15) is 14.7 Å². The van der Waals surface area contributed by atoms with Gasteiger partial charge in [0.25, 0.3) is 5.91 Å². The van der Waals surface area contributed by atoms with E-state index in [1.807, 2.05) is 0 Å². The molecule has 0 saturated heterocycles. The maximum Gasteiger partial charge on any atom is 0.264 e. The van der Waals surface area contributed by atoms with E-state index in [0.29, 0.717) is 22.7 Å². The lowest BCUT2D eigenvalue weighted by Gasteiger charge is -2.21. The molecule has 0 saturated carbocycles. The number of hydrogen-bond acceptors (Lipinski definition) is 5. The van der Waals surface area contributed by atoms with Crippen LogP contribution in [0.15, 0.2) is 61.2 Å². The van der Waals surface area contributed by atoms with Gasteiger partial charge in [0.2, 0.25) is 6.79 Å². The maximum atomic E-state index is 12.8. The van der Waals surface area contributed by atoms with E-state index >= 15 is 0 Å². The number of aliphatic hydroxyl groups is 1. The van der Waals surface area contributed by atoms with Crippen LogP contribution in [-0.4, -0.2) is 30.1 Å². The highest BCUT2D eigenvalue weighted by atomic mass is 16.7. The van der Waals surface area contributed by atoms with Gasteiger partial charge in [-0.3, -0.25) is 9.59 Å².